The van der Waals surface area contributed by atoms with Crippen LogP contribution in [0, 0.1) is 0 Å². The van der Waals surface area contributed by atoms with E-state index in [9.17, 15) is 22.8 Å². The molecule has 2 aromatic carbocycles. The van der Waals surface area contributed by atoms with Crippen molar-refractivity contribution in [1.29, 1.82) is 0 Å². The molecule has 2 aromatic rings. The van der Waals surface area contributed by atoms with Crippen LogP contribution in [0.25, 0.3) is 0 Å². The zero-order chi connectivity index (χ0) is 17.6. The second-order valence-electron chi connectivity index (χ2n) is 5.33. The topological polar surface area (TPSA) is 46.2 Å². The predicted octanol–water partition coefficient (Wildman–Crippen LogP) is 3.69. The van der Waals surface area contributed by atoms with Crippen molar-refractivity contribution in [2.75, 3.05) is 0 Å². The molecule has 0 radical (unpaired) electrons. The van der Waals surface area contributed by atoms with Crippen molar-refractivity contribution < 1.29 is 22.8 Å². The summed E-state index contributed by atoms with van der Waals surface area (Å²) in [4.78, 5) is 23.1. The van der Waals surface area contributed by atoms with E-state index in [2.05, 4.69) is 5.32 Å². The van der Waals surface area contributed by atoms with Crippen molar-refractivity contribution in [3.05, 3.63) is 71.3 Å². The average Bonchev–Trinajstić information content (AvgIpc) is 2.58. The third-order valence-electron chi connectivity index (χ3n) is 3.54. The second kappa shape index (κ2) is 7.77. The number of nitrogens with one attached hydrogen (secondary N) is 1. The smallest absolute Gasteiger partial charge is 0.352 e. The molecule has 0 bridgehead atoms. The lowest BCUT2D eigenvalue weighted by molar-refractivity contribution is -0.137. The lowest BCUT2D eigenvalue weighted by Gasteiger charge is -2.12. The largest absolute Gasteiger partial charge is 0.416 e. The van der Waals surface area contributed by atoms with Crippen LogP contribution in [0.5, 0.6) is 0 Å². The van der Waals surface area contributed by atoms with Gasteiger partial charge in [-0.3, -0.25) is 4.79 Å². The van der Waals surface area contributed by atoms with Gasteiger partial charge in [-0.1, -0.05) is 42.5 Å². The molecule has 0 aromatic heterocycles. The first-order chi connectivity index (χ1) is 11.4. The molecule has 1 N–H and O–H groups in total. The standard InChI is InChI=1S/C18H16F3NO2/c19-18(20,21)16-8-4-5-13(9-16)11-22-17(24)10-15(12-23)14-6-2-1-3-7-14/h1-9,12,15H,10-11H2,(H,22,24). The monoisotopic (exact) mass is 335 g/mol. The summed E-state index contributed by atoms with van der Waals surface area (Å²) in [5.41, 5.74) is 0.312. The molecule has 0 saturated heterocycles. The van der Waals surface area contributed by atoms with E-state index in [1.807, 2.05) is 0 Å². The summed E-state index contributed by atoms with van der Waals surface area (Å²) in [6.07, 6.45) is -3.78. The number of carbonyl (C=O) groups excluding carboxylic acids is 2. The summed E-state index contributed by atoms with van der Waals surface area (Å²) in [5.74, 6) is -0.971. The molecule has 0 saturated carbocycles. The summed E-state index contributed by atoms with van der Waals surface area (Å²) < 4.78 is 37.9. The van der Waals surface area contributed by atoms with Gasteiger partial charge in [-0.25, -0.2) is 0 Å². The predicted molar refractivity (Wildman–Crippen MR) is 83.2 cm³/mol. The van der Waals surface area contributed by atoms with Crippen LogP contribution >= 0.6 is 0 Å². The van der Waals surface area contributed by atoms with Gasteiger partial charge in [0.25, 0.3) is 0 Å². The number of hydrogen-bond acceptors (Lipinski definition) is 2. The molecule has 1 amide bonds. The third-order valence-corrected chi connectivity index (χ3v) is 3.54. The number of halogens is 3. The van der Waals surface area contributed by atoms with E-state index in [4.69, 9.17) is 0 Å². The van der Waals surface area contributed by atoms with Gasteiger partial charge >= 0.3 is 6.18 Å². The molecule has 0 spiro atoms. The molecule has 0 aliphatic carbocycles. The number of benzene rings is 2. The minimum atomic E-state index is -4.42. The lowest BCUT2D eigenvalue weighted by Crippen LogP contribution is -2.25. The number of carbonyl (C=O) groups is 2. The Hall–Kier alpha value is -2.63. The second-order valence-corrected chi connectivity index (χ2v) is 5.33. The fraction of sp³-hybridized carbons (Fsp3) is 0.222. The summed E-state index contributed by atoms with van der Waals surface area (Å²) in [6.45, 7) is -0.0247. The Balaban J connectivity index is 1.95. The molecule has 1 unspecified atom stereocenters. The highest BCUT2D eigenvalue weighted by atomic mass is 19.4. The summed E-state index contributed by atoms with van der Waals surface area (Å²) >= 11 is 0. The van der Waals surface area contributed by atoms with Crippen LogP contribution in [0.1, 0.15) is 29.0 Å². The fourth-order valence-corrected chi connectivity index (χ4v) is 2.27. The van der Waals surface area contributed by atoms with E-state index < -0.39 is 23.6 Å². The maximum absolute atomic E-state index is 12.6. The summed E-state index contributed by atoms with van der Waals surface area (Å²) in [5, 5.41) is 2.55. The molecule has 0 heterocycles. The number of alkyl halides is 3. The minimum absolute atomic E-state index is 0.0247. The number of aldehydes is 1. The Morgan fingerprint density at radius 2 is 1.79 bits per heavy atom. The first-order valence-electron chi connectivity index (χ1n) is 7.33. The average molecular weight is 335 g/mol. The molecule has 6 heteroatoms. The van der Waals surface area contributed by atoms with Crippen LogP contribution in [0.4, 0.5) is 13.2 Å². The fourth-order valence-electron chi connectivity index (χ4n) is 2.27. The Morgan fingerprint density at radius 1 is 1.08 bits per heavy atom. The number of amides is 1. The van der Waals surface area contributed by atoms with E-state index in [0.29, 0.717) is 11.8 Å². The van der Waals surface area contributed by atoms with Crippen molar-refractivity contribution in [3.8, 4) is 0 Å². The van der Waals surface area contributed by atoms with Crippen molar-refractivity contribution >= 4 is 12.2 Å². The summed E-state index contributed by atoms with van der Waals surface area (Å²) in [6, 6.07) is 13.6. The van der Waals surface area contributed by atoms with Gasteiger partial charge in [-0.15, -0.1) is 0 Å². The Kier molecular flexibility index (Phi) is 5.73. The van der Waals surface area contributed by atoms with Gasteiger partial charge in [0.05, 0.1) is 5.56 Å². The quantitative estimate of drug-likeness (QED) is 0.818. The zero-order valence-electron chi connectivity index (χ0n) is 12.7. The van der Waals surface area contributed by atoms with Crippen LogP contribution in [-0.4, -0.2) is 12.2 Å². The van der Waals surface area contributed by atoms with E-state index in [1.54, 1.807) is 30.3 Å². The maximum Gasteiger partial charge on any atom is 0.416 e. The van der Waals surface area contributed by atoms with Gasteiger partial charge in [-0.05, 0) is 23.3 Å². The summed E-state index contributed by atoms with van der Waals surface area (Å²) in [7, 11) is 0. The van der Waals surface area contributed by atoms with Gasteiger partial charge in [0.15, 0.2) is 0 Å². The lowest BCUT2D eigenvalue weighted by atomic mass is 9.97. The maximum atomic E-state index is 12.6. The van der Waals surface area contributed by atoms with Gasteiger partial charge in [0, 0.05) is 18.9 Å². The molecule has 0 aliphatic rings. The molecule has 126 valence electrons. The Morgan fingerprint density at radius 3 is 2.42 bits per heavy atom. The van der Waals surface area contributed by atoms with Crippen LogP contribution in [0.2, 0.25) is 0 Å². The molecule has 0 fully saturated rings. The highest BCUT2D eigenvalue weighted by Gasteiger charge is 2.30. The third kappa shape index (κ3) is 4.94. The highest BCUT2D eigenvalue weighted by Crippen LogP contribution is 2.29. The van der Waals surface area contributed by atoms with Gasteiger partial charge < -0.3 is 10.1 Å². The van der Waals surface area contributed by atoms with Gasteiger partial charge in [-0.2, -0.15) is 13.2 Å². The first kappa shape index (κ1) is 17.7. The van der Waals surface area contributed by atoms with Crippen LogP contribution in [0.15, 0.2) is 54.6 Å². The van der Waals surface area contributed by atoms with Gasteiger partial charge in [0.2, 0.25) is 5.91 Å². The molecular weight excluding hydrogens is 319 g/mol. The molecular formula is C18H16F3NO2. The van der Waals surface area contributed by atoms with Crippen LogP contribution in [-0.2, 0) is 22.3 Å². The first-order valence-corrected chi connectivity index (χ1v) is 7.33. The minimum Gasteiger partial charge on any atom is -0.352 e. The van der Waals surface area contributed by atoms with E-state index >= 15 is 0 Å². The number of hydrogen-bond donors (Lipinski definition) is 1. The molecule has 3 nitrogen and oxygen atoms in total. The number of rotatable bonds is 6. The Bertz CT molecular complexity index is 699. The molecule has 1 atom stereocenters. The van der Waals surface area contributed by atoms with Crippen molar-refractivity contribution in [2.24, 2.45) is 0 Å². The SMILES string of the molecule is O=CC(CC(=O)NCc1cccc(C(F)(F)F)c1)c1ccccc1. The normalized spacial score (nSPS) is 12.5. The van der Waals surface area contributed by atoms with Crippen molar-refractivity contribution in [3.63, 3.8) is 0 Å². The molecule has 2 rings (SSSR count). The zero-order valence-corrected chi connectivity index (χ0v) is 12.7. The van der Waals surface area contributed by atoms with E-state index in [0.717, 1.165) is 17.7 Å². The molecule has 24 heavy (non-hydrogen) atoms. The van der Waals surface area contributed by atoms with Crippen molar-refractivity contribution in [1.82, 2.24) is 5.32 Å². The van der Waals surface area contributed by atoms with Crippen LogP contribution in [0.3, 0.4) is 0 Å². The van der Waals surface area contributed by atoms with Gasteiger partial charge in [0.1, 0.15) is 6.29 Å². The van der Waals surface area contributed by atoms with Crippen molar-refractivity contribution in [2.45, 2.75) is 25.1 Å². The Labute approximate surface area is 137 Å². The highest BCUT2D eigenvalue weighted by molar-refractivity contribution is 5.81. The van der Waals surface area contributed by atoms with E-state index in [1.165, 1.54) is 12.1 Å². The van der Waals surface area contributed by atoms with E-state index in [-0.39, 0.29) is 13.0 Å². The molecule has 0 aliphatic heterocycles. The van der Waals surface area contributed by atoms with Crippen LogP contribution < -0.4 is 5.32 Å².